The number of aryl methyl sites for hydroxylation is 1. The highest BCUT2D eigenvalue weighted by atomic mass is 16.5. The third kappa shape index (κ3) is 2.37. The molecular formula is C18H18N2O2. The SMILES string of the molecule is COC(=O)[C@@H](C)c1ccc2c(-n3cccn3)c(C)ccc2c1. The highest BCUT2D eigenvalue weighted by Gasteiger charge is 2.16. The Hall–Kier alpha value is -2.62. The van der Waals surface area contributed by atoms with Crippen molar-refractivity contribution in [1.82, 2.24) is 9.78 Å². The van der Waals surface area contributed by atoms with Crippen LogP contribution in [0.2, 0.25) is 0 Å². The molecule has 112 valence electrons. The van der Waals surface area contributed by atoms with Crippen LogP contribution >= 0.6 is 0 Å². The standard InChI is InChI=1S/C18H18N2O2/c1-12-5-6-15-11-14(13(2)18(21)22-3)7-8-16(15)17(12)20-10-4-9-19-20/h4-11,13H,1-3H3/t13-/m0/s1. The van der Waals surface area contributed by atoms with E-state index in [-0.39, 0.29) is 11.9 Å². The topological polar surface area (TPSA) is 44.1 Å². The molecule has 0 amide bonds. The Kier molecular flexibility index (Phi) is 3.67. The number of ether oxygens (including phenoxy) is 1. The van der Waals surface area contributed by atoms with Crippen LogP contribution in [-0.4, -0.2) is 22.9 Å². The summed E-state index contributed by atoms with van der Waals surface area (Å²) in [5, 5.41) is 6.54. The molecule has 22 heavy (non-hydrogen) atoms. The molecule has 0 aliphatic carbocycles. The number of rotatable bonds is 3. The molecule has 0 radical (unpaired) electrons. The van der Waals surface area contributed by atoms with E-state index in [2.05, 4.69) is 24.2 Å². The lowest BCUT2D eigenvalue weighted by molar-refractivity contribution is -0.141. The van der Waals surface area contributed by atoms with Crippen LogP contribution in [0.1, 0.15) is 24.0 Å². The van der Waals surface area contributed by atoms with Crippen molar-refractivity contribution in [1.29, 1.82) is 0 Å². The zero-order valence-electron chi connectivity index (χ0n) is 12.9. The molecule has 0 aliphatic heterocycles. The van der Waals surface area contributed by atoms with Gasteiger partial charge in [-0.3, -0.25) is 4.79 Å². The average Bonchev–Trinajstić information content (AvgIpc) is 3.06. The van der Waals surface area contributed by atoms with E-state index in [0.29, 0.717) is 0 Å². The number of aromatic nitrogens is 2. The smallest absolute Gasteiger partial charge is 0.312 e. The number of esters is 1. The lowest BCUT2D eigenvalue weighted by Crippen LogP contribution is -2.10. The van der Waals surface area contributed by atoms with Gasteiger partial charge in [-0.1, -0.05) is 30.3 Å². The molecule has 0 N–H and O–H groups in total. The van der Waals surface area contributed by atoms with Gasteiger partial charge in [-0.2, -0.15) is 5.10 Å². The fourth-order valence-corrected chi connectivity index (χ4v) is 2.73. The molecule has 4 nitrogen and oxygen atoms in total. The zero-order chi connectivity index (χ0) is 15.7. The Labute approximate surface area is 129 Å². The Morgan fingerprint density at radius 1 is 1.27 bits per heavy atom. The van der Waals surface area contributed by atoms with Crippen LogP contribution in [-0.2, 0) is 9.53 Å². The van der Waals surface area contributed by atoms with Gasteiger partial charge in [0.05, 0.1) is 18.7 Å². The second-order valence-corrected chi connectivity index (χ2v) is 5.41. The maximum Gasteiger partial charge on any atom is 0.312 e. The molecule has 1 heterocycles. The van der Waals surface area contributed by atoms with Gasteiger partial charge < -0.3 is 4.74 Å². The van der Waals surface area contributed by atoms with E-state index < -0.39 is 0 Å². The normalized spacial score (nSPS) is 12.3. The molecule has 3 aromatic rings. The molecular weight excluding hydrogens is 276 g/mol. The van der Waals surface area contributed by atoms with E-state index in [9.17, 15) is 4.79 Å². The van der Waals surface area contributed by atoms with Crippen molar-refractivity contribution in [2.24, 2.45) is 0 Å². The minimum absolute atomic E-state index is 0.223. The zero-order valence-corrected chi connectivity index (χ0v) is 12.9. The maximum absolute atomic E-state index is 11.7. The van der Waals surface area contributed by atoms with Crippen molar-refractivity contribution in [3.05, 3.63) is 59.9 Å². The third-order valence-electron chi connectivity index (χ3n) is 4.01. The first-order valence-electron chi connectivity index (χ1n) is 7.23. The van der Waals surface area contributed by atoms with Crippen LogP contribution in [0.3, 0.4) is 0 Å². The van der Waals surface area contributed by atoms with Gasteiger partial charge in [0.25, 0.3) is 0 Å². The quantitative estimate of drug-likeness (QED) is 0.693. The van der Waals surface area contributed by atoms with E-state index in [1.54, 1.807) is 6.20 Å². The predicted molar refractivity (Wildman–Crippen MR) is 86.2 cm³/mol. The average molecular weight is 294 g/mol. The van der Waals surface area contributed by atoms with Gasteiger partial charge in [-0.25, -0.2) is 4.68 Å². The molecule has 4 heteroatoms. The number of fused-ring (bicyclic) bond motifs is 1. The molecule has 0 spiro atoms. The summed E-state index contributed by atoms with van der Waals surface area (Å²) in [6.07, 6.45) is 3.71. The first-order chi connectivity index (χ1) is 10.6. The molecule has 3 rings (SSSR count). The Morgan fingerprint density at radius 2 is 2.09 bits per heavy atom. The fraction of sp³-hybridized carbons (Fsp3) is 0.222. The Balaban J connectivity index is 2.16. The number of hydrogen-bond donors (Lipinski definition) is 0. The molecule has 1 atom stereocenters. The summed E-state index contributed by atoms with van der Waals surface area (Å²) in [7, 11) is 1.42. The second kappa shape index (κ2) is 5.64. The third-order valence-corrected chi connectivity index (χ3v) is 4.01. The first kappa shape index (κ1) is 14.3. The van der Waals surface area contributed by atoms with E-state index >= 15 is 0 Å². The fourth-order valence-electron chi connectivity index (χ4n) is 2.73. The van der Waals surface area contributed by atoms with Crippen molar-refractivity contribution in [2.45, 2.75) is 19.8 Å². The molecule has 1 aromatic heterocycles. The van der Waals surface area contributed by atoms with Crippen molar-refractivity contribution in [3.63, 3.8) is 0 Å². The van der Waals surface area contributed by atoms with E-state index in [4.69, 9.17) is 4.74 Å². The van der Waals surface area contributed by atoms with Crippen molar-refractivity contribution in [2.75, 3.05) is 7.11 Å². The molecule has 0 fully saturated rings. The van der Waals surface area contributed by atoms with Gasteiger partial charge >= 0.3 is 5.97 Å². The van der Waals surface area contributed by atoms with E-state index in [1.165, 1.54) is 7.11 Å². The molecule has 0 aliphatic rings. The molecule has 0 saturated carbocycles. The van der Waals surface area contributed by atoms with Gasteiger partial charge in [0, 0.05) is 17.8 Å². The van der Waals surface area contributed by atoms with Crippen LogP contribution in [0.25, 0.3) is 16.5 Å². The minimum Gasteiger partial charge on any atom is -0.469 e. The summed E-state index contributed by atoms with van der Waals surface area (Å²) in [5.41, 5.74) is 3.18. The Morgan fingerprint density at radius 3 is 2.77 bits per heavy atom. The largest absolute Gasteiger partial charge is 0.469 e. The van der Waals surface area contributed by atoms with Crippen LogP contribution in [0.4, 0.5) is 0 Å². The van der Waals surface area contributed by atoms with E-state index in [1.807, 2.05) is 42.1 Å². The first-order valence-corrected chi connectivity index (χ1v) is 7.23. The highest BCUT2D eigenvalue weighted by Crippen LogP contribution is 2.28. The Bertz CT molecular complexity index is 822. The van der Waals surface area contributed by atoms with Crippen LogP contribution in [0.15, 0.2) is 48.8 Å². The van der Waals surface area contributed by atoms with Gasteiger partial charge in [0.2, 0.25) is 0 Å². The summed E-state index contributed by atoms with van der Waals surface area (Å²) in [6.45, 7) is 3.93. The summed E-state index contributed by atoms with van der Waals surface area (Å²) < 4.78 is 6.70. The van der Waals surface area contributed by atoms with E-state index in [0.717, 1.165) is 27.6 Å². The summed E-state index contributed by atoms with van der Waals surface area (Å²) in [4.78, 5) is 11.7. The highest BCUT2D eigenvalue weighted by molar-refractivity contribution is 5.93. The number of carbonyl (C=O) groups excluding carboxylic acids is 1. The number of methoxy groups -OCH3 is 1. The lowest BCUT2D eigenvalue weighted by Gasteiger charge is -2.14. The molecule has 2 aromatic carbocycles. The summed E-state index contributed by atoms with van der Waals surface area (Å²) in [6, 6.07) is 12.1. The summed E-state index contributed by atoms with van der Waals surface area (Å²) >= 11 is 0. The van der Waals surface area contributed by atoms with Crippen molar-refractivity contribution in [3.8, 4) is 5.69 Å². The van der Waals surface area contributed by atoms with Gasteiger partial charge in [-0.15, -0.1) is 0 Å². The maximum atomic E-state index is 11.7. The van der Waals surface area contributed by atoms with Crippen LogP contribution in [0, 0.1) is 6.92 Å². The van der Waals surface area contributed by atoms with Crippen molar-refractivity contribution < 1.29 is 9.53 Å². The second-order valence-electron chi connectivity index (χ2n) is 5.41. The van der Waals surface area contributed by atoms with Gasteiger partial charge in [-0.05, 0) is 36.4 Å². The minimum atomic E-state index is -0.274. The van der Waals surface area contributed by atoms with Crippen LogP contribution < -0.4 is 0 Å². The molecule has 0 bridgehead atoms. The van der Waals surface area contributed by atoms with Gasteiger partial charge in [0.15, 0.2) is 0 Å². The van der Waals surface area contributed by atoms with Gasteiger partial charge in [0.1, 0.15) is 0 Å². The molecule has 0 saturated heterocycles. The number of hydrogen-bond acceptors (Lipinski definition) is 3. The number of nitrogens with zero attached hydrogens (tertiary/aromatic N) is 2. The lowest BCUT2D eigenvalue weighted by atomic mass is 9.96. The predicted octanol–water partition coefficient (Wildman–Crippen LogP) is 3.61. The summed E-state index contributed by atoms with van der Waals surface area (Å²) in [5.74, 6) is -0.498. The van der Waals surface area contributed by atoms with Crippen molar-refractivity contribution >= 4 is 16.7 Å². The number of carbonyl (C=O) groups is 1. The number of benzene rings is 2. The van der Waals surface area contributed by atoms with Crippen LogP contribution in [0.5, 0.6) is 0 Å². The molecule has 0 unspecified atom stereocenters. The monoisotopic (exact) mass is 294 g/mol.